The molecule has 0 saturated carbocycles. The van der Waals surface area contributed by atoms with Crippen LogP contribution >= 0.6 is 0 Å². The molecule has 0 aliphatic rings. The lowest BCUT2D eigenvalue weighted by Crippen LogP contribution is -2.45. The fourth-order valence-corrected chi connectivity index (χ4v) is 1.78. The monoisotopic (exact) mass is 272 g/mol. The van der Waals surface area contributed by atoms with Gasteiger partial charge in [-0.05, 0) is 32.0 Å². The maximum atomic E-state index is 11.7. The SMILES string of the molecule is CC(C)(N)C(=O)Nc1cc(S(C)(=O)=O)ccc1O. The van der Waals surface area contributed by atoms with Crippen LogP contribution in [0, 0.1) is 0 Å². The molecule has 0 fully saturated rings. The molecule has 0 saturated heterocycles. The Bertz CT molecular complexity index is 573. The Morgan fingerprint density at radius 1 is 1.39 bits per heavy atom. The number of hydrogen-bond donors (Lipinski definition) is 3. The smallest absolute Gasteiger partial charge is 0.243 e. The summed E-state index contributed by atoms with van der Waals surface area (Å²) >= 11 is 0. The molecule has 6 nitrogen and oxygen atoms in total. The average Bonchev–Trinajstić information content (AvgIpc) is 2.18. The summed E-state index contributed by atoms with van der Waals surface area (Å²) < 4.78 is 22.7. The van der Waals surface area contributed by atoms with Crippen LogP contribution < -0.4 is 11.1 Å². The molecule has 0 atom stereocenters. The van der Waals surface area contributed by atoms with Gasteiger partial charge in [0.2, 0.25) is 5.91 Å². The molecule has 7 heteroatoms. The van der Waals surface area contributed by atoms with Gasteiger partial charge >= 0.3 is 0 Å². The van der Waals surface area contributed by atoms with Crippen molar-refractivity contribution in [2.45, 2.75) is 24.3 Å². The summed E-state index contributed by atoms with van der Waals surface area (Å²) in [6, 6.07) is 3.65. The Morgan fingerprint density at radius 2 is 1.94 bits per heavy atom. The first-order chi connectivity index (χ1) is 8.01. The van der Waals surface area contributed by atoms with E-state index >= 15 is 0 Å². The Balaban J connectivity index is 3.14. The Kier molecular flexibility index (Phi) is 3.68. The zero-order valence-electron chi connectivity index (χ0n) is 10.4. The van der Waals surface area contributed by atoms with Crippen LogP contribution in [0.15, 0.2) is 23.1 Å². The van der Waals surface area contributed by atoms with Gasteiger partial charge < -0.3 is 16.2 Å². The van der Waals surface area contributed by atoms with Crippen molar-refractivity contribution in [2.24, 2.45) is 5.73 Å². The van der Waals surface area contributed by atoms with Gasteiger partial charge in [0.1, 0.15) is 5.75 Å². The van der Waals surface area contributed by atoms with Crippen LogP contribution in [0.2, 0.25) is 0 Å². The summed E-state index contributed by atoms with van der Waals surface area (Å²) in [4.78, 5) is 11.7. The Labute approximate surface area is 106 Å². The lowest BCUT2D eigenvalue weighted by molar-refractivity contribution is -0.120. The van der Waals surface area contributed by atoms with Gasteiger partial charge in [-0.1, -0.05) is 0 Å². The number of phenols is 1. The highest BCUT2D eigenvalue weighted by atomic mass is 32.2. The van der Waals surface area contributed by atoms with E-state index in [1.54, 1.807) is 0 Å². The molecule has 0 heterocycles. The van der Waals surface area contributed by atoms with Gasteiger partial charge in [0.25, 0.3) is 0 Å². The van der Waals surface area contributed by atoms with Crippen molar-refractivity contribution in [3.05, 3.63) is 18.2 Å². The molecule has 1 aromatic rings. The van der Waals surface area contributed by atoms with Gasteiger partial charge in [-0.3, -0.25) is 4.79 Å². The molecular weight excluding hydrogens is 256 g/mol. The maximum Gasteiger partial charge on any atom is 0.243 e. The number of rotatable bonds is 3. The number of aromatic hydroxyl groups is 1. The average molecular weight is 272 g/mol. The largest absolute Gasteiger partial charge is 0.506 e. The summed E-state index contributed by atoms with van der Waals surface area (Å²) in [6.07, 6.45) is 1.04. The van der Waals surface area contributed by atoms with E-state index < -0.39 is 21.3 Å². The minimum atomic E-state index is -3.41. The van der Waals surface area contributed by atoms with Gasteiger partial charge in [-0.25, -0.2) is 8.42 Å². The highest BCUT2D eigenvalue weighted by Crippen LogP contribution is 2.26. The van der Waals surface area contributed by atoms with Crippen LogP contribution in [-0.4, -0.2) is 31.2 Å². The van der Waals surface area contributed by atoms with Crippen LogP contribution in [-0.2, 0) is 14.6 Å². The van der Waals surface area contributed by atoms with Crippen molar-refractivity contribution in [3.8, 4) is 5.75 Å². The molecule has 0 unspecified atom stereocenters. The van der Waals surface area contributed by atoms with Gasteiger partial charge in [-0.15, -0.1) is 0 Å². The third-order valence-electron chi connectivity index (χ3n) is 2.23. The number of sulfone groups is 1. The minimum Gasteiger partial charge on any atom is -0.506 e. The molecule has 0 aliphatic carbocycles. The lowest BCUT2D eigenvalue weighted by Gasteiger charge is -2.18. The number of hydrogen-bond acceptors (Lipinski definition) is 5. The minimum absolute atomic E-state index is 0.00503. The van der Waals surface area contributed by atoms with Crippen molar-refractivity contribution < 1.29 is 18.3 Å². The molecule has 100 valence electrons. The highest BCUT2D eigenvalue weighted by Gasteiger charge is 2.23. The standard InChI is InChI=1S/C11H16N2O4S/c1-11(2,12)10(15)13-8-6-7(18(3,16)17)4-5-9(8)14/h4-6,14H,12H2,1-3H3,(H,13,15). The predicted molar refractivity (Wildman–Crippen MR) is 68.1 cm³/mol. The van der Waals surface area contributed by atoms with E-state index in [-0.39, 0.29) is 16.3 Å². The van der Waals surface area contributed by atoms with Crippen molar-refractivity contribution in [1.29, 1.82) is 0 Å². The van der Waals surface area contributed by atoms with E-state index in [1.807, 2.05) is 0 Å². The quantitative estimate of drug-likeness (QED) is 0.693. The number of phenolic OH excluding ortho intramolecular Hbond substituents is 1. The molecule has 0 spiro atoms. The molecule has 1 amide bonds. The van der Waals surface area contributed by atoms with E-state index in [0.717, 1.165) is 6.26 Å². The number of amides is 1. The summed E-state index contributed by atoms with van der Waals surface area (Å²) in [7, 11) is -3.41. The van der Waals surface area contributed by atoms with Crippen molar-refractivity contribution >= 4 is 21.4 Å². The number of benzene rings is 1. The molecule has 0 aliphatic heterocycles. The molecule has 0 aromatic heterocycles. The molecule has 1 rings (SSSR count). The van der Waals surface area contributed by atoms with Crippen LogP contribution in [0.3, 0.4) is 0 Å². The van der Waals surface area contributed by atoms with Crippen LogP contribution in [0.4, 0.5) is 5.69 Å². The first-order valence-corrected chi connectivity index (χ1v) is 7.04. The summed E-state index contributed by atoms with van der Waals surface area (Å²) in [5.74, 6) is -0.747. The van der Waals surface area contributed by atoms with E-state index in [1.165, 1.54) is 32.0 Å². The van der Waals surface area contributed by atoms with Crippen molar-refractivity contribution in [2.75, 3.05) is 11.6 Å². The van der Waals surface area contributed by atoms with Crippen LogP contribution in [0.1, 0.15) is 13.8 Å². The molecular formula is C11H16N2O4S. The number of nitrogens with two attached hydrogens (primary N) is 1. The maximum absolute atomic E-state index is 11.7. The third-order valence-corrected chi connectivity index (χ3v) is 3.34. The summed E-state index contributed by atoms with van der Waals surface area (Å²) in [6.45, 7) is 3.00. The molecule has 0 bridgehead atoms. The number of anilines is 1. The summed E-state index contributed by atoms with van der Waals surface area (Å²) in [5.41, 5.74) is 4.47. The van der Waals surface area contributed by atoms with Crippen molar-refractivity contribution in [3.63, 3.8) is 0 Å². The summed E-state index contributed by atoms with van der Waals surface area (Å²) in [5, 5.41) is 11.9. The molecule has 4 N–H and O–H groups in total. The third kappa shape index (κ3) is 3.44. The van der Waals surface area contributed by atoms with Crippen LogP contribution in [0.5, 0.6) is 5.75 Å². The Morgan fingerprint density at radius 3 is 2.39 bits per heavy atom. The lowest BCUT2D eigenvalue weighted by atomic mass is 10.1. The highest BCUT2D eigenvalue weighted by molar-refractivity contribution is 7.90. The van der Waals surface area contributed by atoms with E-state index in [2.05, 4.69) is 5.32 Å². The zero-order chi connectivity index (χ0) is 14.1. The predicted octanol–water partition coefficient (Wildman–Crippen LogP) is 0.471. The van der Waals surface area contributed by atoms with Crippen LogP contribution in [0.25, 0.3) is 0 Å². The molecule has 0 radical (unpaired) electrons. The van der Waals surface area contributed by atoms with Crippen molar-refractivity contribution in [1.82, 2.24) is 0 Å². The first kappa shape index (κ1) is 14.5. The Hall–Kier alpha value is -1.60. The van der Waals surface area contributed by atoms with E-state index in [4.69, 9.17) is 5.73 Å². The van der Waals surface area contributed by atoms with Gasteiger partial charge in [-0.2, -0.15) is 0 Å². The van der Waals surface area contributed by atoms with E-state index in [0.29, 0.717) is 0 Å². The molecule has 18 heavy (non-hydrogen) atoms. The van der Waals surface area contributed by atoms with E-state index in [9.17, 15) is 18.3 Å². The molecule has 1 aromatic carbocycles. The second-order valence-electron chi connectivity index (χ2n) is 4.63. The second kappa shape index (κ2) is 4.58. The number of carbonyl (C=O) groups is 1. The fraction of sp³-hybridized carbons (Fsp3) is 0.364. The first-order valence-electron chi connectivity index (χ1n) is 5.15. The number of carbonyl (C=O) groups excluding carboxylic acids is 1. The second-order valence-corrected chi connectivity index (χ2v) is 6.64. The fourth-order valence-electron chi connectivity index (χ4n) is 1.13. The zero-order valence-corrected chi connectivity index (χ0v) is 11.2. The van der Waals surface area contributed by atoms with Gasteiger partial charge in [0.15, 0.2) is 9.84 Å². The normalized spacial score (nSPS) is 12.2. The number of nitrogens with one attached hydrogen (secondary N) is 1. The van der Waals surface area contributed by atoms with Gasteiger partial charge in [0, 0.05) is 6.26 Å². The van der Waals surface area contributed by atoms with Gasteiger partial charge in [0.05, 0.1) is 16.1 Å². The topological polar surface area (TPSA) is 109 Å².